The van der Waals surface area contributed by atoms with Crippen LogP contribution >= 0.6 is 0 Å². The molecule has 2 aliphatic heterocycles. The second-order valence-electron chi connectivity index (χ2n) is 7.62. The van der Waals surface area contributed by atoms with E-state index in [0.29, 0.717) is 19.5 Å². The zero-order valence-electron chi connectivity index (χ0n) is 18.2. The van der Waals surface area contributed by atoms with Crippen LogP contribution in [0.5, 0.6) is 0 Å². The molecule has 0 radical (unpaired) electrons. The number of likely N-dealkylation sites (tertiary alicyclic amines) is 1. The molecule has 9 nitrogen and oxygen atoms in total. The number of piperazine rings is 1. The van der Waals surface area contributed by atoms with E-state index in [1.54, 1.807) is 6.92 Å². The zero-order chi connectivity index (χ0) is 21.3. The van der Waals surface area contributed by atoms with Crippen molar-refractivity contribution >= 4 is 21.9 Å². The maximum Gasteiger partial charge on any atom is 0.239 e. The summed E-state index contributed by atoms with van der Waals surface area (Å²) in [4.78, 5) is 23.8. The number of nitrogens with zero attached hydrogens (tertiary/aromatic N) is 4. The molecule has 0 aromatic heterocycles. The number of carbonyl (C=O) groups is 1. The molecule has 0 saturated carbocycles. The summed E-state index contributed by atoms with van der Waals surface area (Å²) in [6.45, 7) is 12.6. The SMILES string of the molecule is CCNC(=NCCCNS(=O)(=O)CC)N1CCN(C(C)C(=O)N2CCCC2)CC1. The van der Waals surface area contributed by atoms with Crippen LogP contribution in [0.2, 0.25) is 0 Å². The minimum Gasteiger partial charge on any atom is -0.357 e. The van der Waals surface area contributed by atoms with Crippen LogP contribution in [-0.2, 0) is 14.8 Å². The Bertz CT molecular complexity index is 640. The molecule has 2 heterocycles. The van der Waals surface area contributed by atoms with Crippen LogP contribution in [0.25, 0.3) is 0 Å². The molecule has 2 fully saturated rings. The molecule has 2 saturated heterocycles. The summed E-state index contributed by atoms with van der Waals surface area (Å²) >= 11 is 0. The fraction of sp³-hybridized carbons (Fsp3) is 0.895. The number of guanidine groups is 1. The molecule has 1 atom stereocenters. The van der Waals surface area contributed by atoms with E-state index in [9.17, 15) is 13.2 Å². The smallest absolute Gasteiger partial charge is 0.239 e. The highest BCUT2D eigenvalue weighted by Crippen LogP contribution is 2.14. The van der Waals surface area contributed by atoms with Crippen molar-refractivity contribution in [2.24, 2.45) is 4.99 Å². The van der Waals surface area contributed by atoms with E-state index >= 15 is 0 Å². The fourth-order valence-electron chi connectivity index (χ4n) is 3.70. The number of hydrogen-bond donors (Lipinski definition) is 2. The van der Waals surface area contributed by atoms with Gasteiger partial charge in [0.05, 0.1) is 11.8 Å². The molecule has 2 aliphatic rings. The maximum absolute atomic E-state index is 12.6. The molecule has 0 aromatic carbocycles. The minimum atomic E-state index is -3.14. The largest absolute Gasteiger partial charge is 0.357 e. The first-order valence-corrected chi connectivity index (χ1v) is 12.6. The number of sulfonamides is 1. The first-order valence-electron chi connectivity index (χ1n) is 10.9. The number of amides is 1. The number of rotatable bonds is 9. The molecule has 2 rings (SSSR count). The summed E-state index contributed by atoms with van der Waals surface area (Å²) in [5, 5.41) is 3.33. The summed E-state index contributed by atoms with van der Waals surface area (Å²) in [5.74, 6) is 1.22. The Morgan fingerprint density at radius 1 is 1.03 bits per heavy atom. The number of nitrogens with one attached hydrogen (secondary N) is 2. The van der Waals surface area contributed by atoms with Gasteiger partial charge >= 0.3 is 0 Å². The average molecular weight is 431 g/mol. The van der Waals surface area contributed by atoms with Crippen LogP contribution in [-0.4, -0.2) is 106 Å². The van der Waals surface area contributed by atoms with E-state index in [1.165, 1.54) is 0 Å². The molecule has 168 valence electrons. The van der Waals surface area contributed by atoms with Crippen molar-refractivity contribution in [1.82, 2.24) is 24.7 Å². The van der Waals surface area contributed by atoms with Gasteiger partial charge in [-0.15, -0.1) is 0 Å². The number of aliphatic imine (C=N–C) groups is 1. The highest BCUT2D eigenvalue weighted by atomic mass is 32.2. The molecule has 1 unspecified atom stereocenters. The Balaban J connectivity index is 1.79. The van der Waals surface area contributed by atoms with Crippen LogP contribution in [0.3, 0.4) is 0 Å². The zero-order valence-corrected chi connectivity index (χ0v) is 19.0. The molecule has 0 spiro atoms. The predicted molar refractivity (Wildman–Crippen MR) is 116 cm³/mol. The molecule has 2 N–H and O–H groups in total. The third kappa shape index (κ3) is 7.42. The number of hydrogen-bond acceptors (Lipinski definition) is 5. The third-order valence-electron chi connectivity index (χ3n) is 5.57. The lowest BCUT2D eigenvalue weighted by molar-refractivity contribution is -0.135. The van der Waals surface area contributed by atoms with Crippen molar-refractivity contribution in [3.05, 3.63) is 0 Å². The van der Waals surface area contributed by atoms with Gasteiger partial charge in [0.1, 0.15) is 0 Å². The third-order valence-corrected chi connectivity index (χ3v) is 6.97. The molecule has 0 aromatic rings. The predicted octanol–water partition coefficient (Wildman–Crippen LogP) is -0.0902. The van der Waals surface area contributed by atoms with Crippen LogP contribution in [0, 0.1) is 0 Å². The Morgan fingerprint density at radius 3 is 2.28 bits per heavy atom. The molecule has 29 heavy (non-hydrogen) atoms. The van der Waals surface area contributed by atoms with Gasteiger partial charge in [-0.25, -0.2) is 13.1 Å². The quantitative estimate of drug-likeness (QED) is 0.301. The summed E-state index contributed by atoms with van der Waals surface area (Å²) < 4.78 is 25.5. The van der Waals surface area contributed by atoms with E-state index in [0.717, 1.165) is 64.6 Å². The van der Waals surface area contributed by atoms with Gasteiger partial charge < -0.3 is 15.1 Å². The highest BCUT2D eigenvalue weighted by molar-refractivity contribution is 7.89. The van der Waals surface area contributed by atoms with Crippen LogP contribution in [0.15, 0.2) is 4.99 Å². The summed E-state index contributed by atoms with van der Waals surface area (Å²) in [7, 11) is -3.14. The van der Waals surface area contributed by atoms with Gasteiger partial charge in [0.25, 0.3) is 0 Å². The summed E-state index contributed by atoms with van der Waals surface area (Å²) in [5.41, 5.74) is 0. The van der Waals surface area contributed by atoms with E-state index in [1.807, 2.05) is 18.7 Å². The van der Waals surface area contributed by atoms with Crippen molar-refractivity contribution in [3.8, 4) is 0 Å². The topological polar surface area (TPSA) is 97.3 Å². The van der Waals surface area contributed by atoms with Crippen LogP contribution in [0.4, 0.5) is 0 Å². The highest BCUT2D eigenvalue weighted by Gasteiger charge is 2.30. The van der Waals surface area contributed by atoms with Crippen molar-refractivity contribution in [1.29, 1.82) is 0 Å². The van der Waals surface area contributed by atoms with Gasteiger partial charge in [-0.2, -0.15) is 0 Å². The maximum atomic E-state index is 12.6. The fourth-order valence-corrected chi connectivity index (χ4v) is 4.36. The minimum absolute atomic E-state index is 0.0682. The average Bonchev–Trinajstić information content (AvgIpc) is 3.26. The Hall–Kier alpha value is -1.39. The normalized spacial score (nSPS) is 20.2. The van der Waals surface area contributed by atoms with E-state index in [2.05, 4.69) is 24.8 Å². The Morgan fingerprint density at radius 2 is 1.69 bits per heavy atom. The Kier molecular flexibility index (Phi) is 9.64. The van der Waals surface area contributed by atoms with Crippen molar-refractivity contribution < 1.29 is 13.2 Å². The summed E-state index contributed by atoms with van der Waals surface area (Å²) in [6, 6.07) is -0.0682. The molecule has 0 aliphatic carbocycles. The van der Waals surface area contributed by atoms with Gasteiger partial charge in [0.15, 0.2) is 5.96 Å². The second-order valence-corrected chi connectivity index (χ2v) is 9.71. The molecular formula is C19H38N6O3S. The van der Waals surface area contributed by atoms with Gasteiger partial charge in [-0.05, 0) is 40.0 Å². The standard InChI is InChI=1S/C19H38N6O3S/c1-4-20-19(21-9-8-10-22-29(27,28)5-2)25-15-13-23(14-16-25)17(3)18(26)24-11-6-7-12-24/h17,22H,4-16H2,1-3H3,(H,20,21). The van der Waals surface area contributed by atoms with E-state index in [-0.39, 0.29) is 17.7 Å². The first-order chi connectivity index (χ1) is 13.9. The van der Waals surface area contributed by atoms with Crippen molar-refractivity contribution in [2.45, 2.75) is 46.1 Å². The molecular weight excluding hydrogens is 392 g/mol. The van der Waals surface area contributed by atoms with Gasteiger partial charge in [-0.3, -0.25) is 14.7 Å². The van der Waals surface area contributed by atoms with E-state index in [4.69, 9.17) is 0 Å². The Labute approximate surface area is 175 Å². The van der Waals surface area contributed by atoms with Crippen molar-refractivity contribution in [3.63, 3.8) is 0 Å². The molecule has 10 heteroatoms. The van der Waals surface area contributed by atoms with Gasteiger partial charge in [0, 0.05) is 58.9 Å². The lowest BCUT2D eigenvalue weighted by Gasteiger charge is -2.39. The second kappa shape index (κ2) is 11.7. The van der Waals surface area contributed by atoms with Crippen LogP contribution in [0.1, 0.15) is 40.0 Å². The lowest BCUT2D eigenvalue weighted by atomic mass is 10.2. The summed E-state index contributed by atoms with van der Waals surface area (Å²) in [6.07, 6.45) is 2.90. The first kappa shape index (κ1) is 23.9. The van der Waals surface area contributed by atoms with Gasteiger partial charge in [-0.1, -0.05) is 0 Å². The van der Waals surface area contributed by atoms with E-state index < -0.39 is 10.0 Å². The molecule has 0 bridgehead atoms. The van der Waals surface area contributed by atoms with Crippen LogP contribution < -0.4 is 10.0 Å². The van der Waals surface area contributed by atoms with Gasteiger partial charge in [0.2, 0.25) is 15.9 Å². The van der Waals surface area contributed by atoms with Crippen molar-refractivity contribution in [2.75, 3.05) is 64.7 Å². The number of carbonyl (C=O) groups excluding carboxylic acids is 1. The monoisotopic (exact) mass is 430 g/mol. The lowest BCUT2D eigenvalue weighted by Crippen LogP contribution is -2.57. The molecule has 1 amide bonds.